The lowest BCUT2D eigenvalue weighted by molar-refractivity contribution is -0.143. The van der Waals surface area contributed by atoms with Crippen molar-refractivity contribution in [1.29, 1.82) is 0 Å². The molecule has 146 valence electrons. The van der Waals surface area contributed by atoms with E-state index in [-0.39, 0.29) is 25.5 Å². The highest BCUT2D eigenvalue weighted by Crippen LogP contribution is 2.25. The van der Waals surface area contributed by atoms with E-state index in [1.807, 2.05) is 19.1 Å². The van der Waals surface area contributed by atoms with E-state index in [1.54, 1.807) is 26.0 Å². The number of imide groups is 1. The van der Waals surface area contributed by atoms with Gasteiger partial charge in [0.25, 0.3) is 5.91 Å². The monoisotopic (exact) mass is 375 g/mol. The Kier molecular flexibility index (Phi) is 6.92. The average molecular weight is 375 g/mol. The molecular weight excluding hydrogens is 350 g/mol. The third-order valence-corrected chi connectivity index (χ3v) is 4.25. The molecule has 1 unspecified atom stereocenters. The first-order valence-corrected chi connectivity index (χ1v) is 8.98. The van der Waals surface area contributed by atoms with Gasteiger partial charge in [-0.05, 0) is 39.3 Å². The Hall–Kier alpha value is -2.90. The Bertz CT molecular complexity index is 717. The van der Waals surface area contributed by atoms with Crippen LogP contribution < -0.4 is 10.2 Å². The number of amides is 4. The summed E-state index contributed by atoms with van der Waals surface area (Å²) in [6, 6.07) is 6.08. The number of hydrogen-bond acceptors (Lipinski definition) is 5. The van der Waals surface area contributed by atoms with Crippen LogP contribution in [0.25, 0.3) is 0 Å². The number of hydrogen-bond donors (Lipinski definition) is 1. The molecular formula is C19H25N3O5. The minimum atomic E-state index is -0.670. The molecule has 0 bridgehead atoms. The molecule has 0 aliphatic carbocycles. The maximum absolute atomic E-state index is 12.6. The molecule has 1 heterocycles. The Morgan fingerprint density at radius 2 is 1.85 bits per heavy atom. The summed E-state index contributed by atoms with van der Waals surface area (Å²) in [5, 5.41) is 2.61. The van der Waals surface area contributed by atoms with E-state index in [0.29, 0.717) is 18.7 Å². The van der Waals surface area contributed by atoms with E-state index in [1.165, 1.54) is 4.90 Å². The van der Waals surface area contributed by atoms with Crippen molar-refractivity contribution in [2.75, 3.05) is 24.6 Å². The first kappa shape index (κ1) is 20.4. The van der Waals surface area contributed by atoms with Gasteiger partial charge in [-0.3, -0.25) is 24.2 Å². The predicted octanol–water partition coefficient (Wildman–Crippen LogP) is 1.61. The lowest BCUT2D eigenvalue weighted by Crippen LogP contribution is -2.41. The Balaban J connectivity index is 1.89. The molecule has 8 nitrogen and oxygen atoms in total. The summed E-state index contributed by atoms with van der Waals surface area (Å²) in [4.78, 5) is 50.7. The molecule has 1 aromatic rings. The molecule has 1 saturated heterocycles. The normalized spacial score (nSPS) is 16.6. The number of carbonyl (C=O) groups excluding carboxylic acids is 4. The van der Waals surface area contributed by atoms with Gasteiger partial charge in [0.2, 0.25) is 5.91 Å². The molecule has 0 aromatic heterocycles. The summed E-state index contributed by atoms with van der Waals surface area (Å²) >= 11 is 0. The predicted molar refractivity (Wildman–Crippen MR) is 99.1 cm³/mol. The molecule has 1 aromatic carbocycles. The highest BCUT2D eigenvalue weighted by molar-refractivity contribution is 6.15. The zero-order chi connectivity index (χ0) is 20.0. The van der Waals surface area contributed by atoms with E-state index in [4.69, 9.17) is 4.74 Å². The van der Waals surface area contributed by atoms with Crippen LogP contribution in [-0.2, 0) is 19.1 Å². The topological polar surface area (TPSA) is 96.0 Å². The van der Waals surface area contributed by atoms with Crippen LogP contribution in [0.5, 0.6) is 0 Å². The zero-order valence-corrected chi connectivity index (χ0v) is 15.9. The lowest BCUT2D eigenvalue weighted by Gasteiger charge is -2.19. The number of carbonyl (C=O) groups is 4. The number of nitrogens with zero attached hydrogens (tertiary/aromatic N) is 2. The average Bonchev–Trinajstić information content (AvgIpc) is 2.83. The zero-order valence-electron chi connectivity index (χ0n) is 15.9. The minimum absolute atomic E-state index is 0.202. The molecule has 0 saturated carbocycles. The van der Waals surface area contributed by atoms with Crippen molar-refractivity contribution in [3.63, 3.8) is 0 Å². The second-order valence-electron chi connectivity index (χ2n) is 6.35. The highest BCUT2D eigenvalue weighted by Gasteiger charge is 2.43. The van der Waals surface area contributed by atoms with Crippen molar-refractivity contribution in [3.05, 3.63) is 29.8 Å². The first-order chi connectivity index (χ1) is 12.8. The molecule has 1 N–H and O–H groups in total. The van der Waals surface area contributed by atoms with E-state index < -0.39 is 23.9 Å². The molecule has 27 heavy (non-hydrogen) atoms. The molecule has 1 aliphatic rings. The van der Waals surface area contributed by atoms with Crippen LogP contribution in [0.3, 0.4) is 0 Å². The number of anilines is 1. The quantitative estimate of drug-likeness (QED) is 0.423. The number of urea groups is 1. The van der Waals surface area contributed by atoms with Gasteiger partial charge in [0.15, 0.2) is 0 Å². The van der Waals surface area contributed by atoms with Crippen LogP contribution in [0.4, 0.5) is 10.5 Å². The van der Waals surface area contributed by atoms with E-state index in [9.17, 15) is 19.2 Å². The molecule has 8 heteroatoms. The highest BCUT2D eigenvalue weighted by atomic mass is 16.5. The Morgan fingerprint density at radius 1 is 1.19 bits per heavy atom. The minimum Gasteiger partial charge on any atom is -0.466 e. The summed E-state index contributed by atoms with van der Waals surface area (Å²) < 4.78 is 4.80. The van der Waals surface area contributed by atoms with Gasteiger partial charge in [0.1, 0.15) is 12.6 Å². The molecule has 0 radical (unpaired) electrons. The number of nitrogens with one attached hydrogen (secondary N) is 1. The third kappa shape index (κ3) is 5.06. The van der Waals surface area contributed by atoms with Gasteiger partial charge in [0, 0.05) is 18.7 Å². The van der Waals surface area contributed by atoms with Crippen molar-refractivity contribution in [1.82, 2.24) is 10.2 Å². The number of ether oxygens (including phenoxy) is 1. The van der Waals surface area contributed by atoms with E-state index in [2.05, 4.69) is 5.32 Å². The molecule has 1 atom stereocenters. The molecule has 4 amide bonds. The summed E-state index contributed by atoms with van der Waals surface area (Å²) in [7, 11) is 0. The third-order valence-electron chi connectivity index (χ3n) is 4.25. The Morgan fingerprint density at radius 3 is 2.48 bits per heavy atom. The van der Waals surface area contributed by atoms with Crippen molar-refractivity contribution < 1.29 is 23.9 Å². The van der Waals surface area contributed by atoms with Gasteiger partial charge in [-0.15, -0.1) is 0 Å². The summed E-state index contributed by atoms with van der Waals surface area (Å²) in [5.41, 5.74) is 1.66. The fourth-order valence-corrected chi connectivity index (χ4v) is 2.80. The van der Waals surface area contributed by atoms with Crippen LogP contribution in [-0.4, -0.2) is 54.5 Å². The number of benzene rings is 1. The van der Waals surface area contributed by atoms with Gasteiger partial charge in [-0.25, -0.2) is 4.79 Å². The van der Waals surface area contributed by atoms with E-state index >= 15 is 0 Å². The fraction of sp³-hybridized carbons (Fsp3) is 0.474. The van der Waals surface area contributed by atoms with Gasteiger partial charge in [-0.1, -0.05) is 17.7 Å². The first-order valence-electron chi connectivity index (χ1n) is 8.98. The summed E-state index contributed by atoms with van der Waals surface area (Å²) in [6.45, 7) is 5.54. The SMILES string of the molecule is CCOC(=O)CCCNC(=O)CN1C(=O)C(C)N(c2ccc(C)cc2)C1=O. The molecule has 0 spiro atoms. The molecule has 1 aliphatic heterocycles. The van der Waals surface area contributed by atoms with Gasteiger partial charge in [-0.2, -0.15) is 0 Å². The second kappa shape index (κ2) is 9.16. The smallest absolute Gasteiger partial charge is 0.332 e. The van der Waals surface area contributed by atoms with Crippen LogP contribution in [0.15, 0.2) is 24.3 Å². The van der Waals surface area contributed by atoms with E-state index in [0.717, 1.165) is 10.5 Å². The molecule has 1 fully saturated rings. The van der Waals surface area contributed by atoms with Crippen molar-refractivity contribution in [2.45, 2.75) is 39.7 Å². The van der Waals surface area contributed by atoms with Crippen LogP contribution >= 0.6 is 0 Å². The maximum atomic E-state index is 12.6. The van der Waals surface area contributed by atoms with Crippen molar-refractivity contribution >= 4 is 29.5 Å². The largest absolute Gasteiger partial charge is 0.466 e. The second-order valence-corrected chi connectivity index (χ2v) is 6.35. The number of esters is 1. The van der Waals surface area contributed by atoms with Crippen LogP contribution in [0.2, 0.25) is 0 Å². The van der Waals surface area contributed by atoms with Crippen molar-refractivity contribution in [3.8, 4) is 0 Å². The van der Waals surface area contributed by atoms with Crippen LogP contribution in [0.1, 0.15) is 32.3 Å². The summed E-state index contributed by atoms with van der Waals surface area (Å²) in [5.74, 6) is -1.18. The summed E-state index contributed by atoms with van der Waals surface area (Å²) in [6.07, 6.45) is 0.631. The molecule has 2 rings (SSSR count). The fourth-order valence-electron chi connectivity index (χ4n) is 2.80. The van der Waals surface area contributed by atoms with Crippen LogP contribution in [0, 0.1) is 6.92 Å². The maximum Gasteiger partial charge on any atom is 0.332 e. The Labute approximate surface area is 158 Å². The van der Waals surface area contributed by atoms with Gasteiger partial charge in [0.05, 0.1) is 6.61 Å². The lowest BCUT2D eigenvalue weighted by atomic mass is 10.2. The van der Waals surface area contributed by atoms with Gasteiger partial charge < -0.3 is 10.1 Å². The van der Waals surface area contributed by atoms with Gasteiger partial charge >= 0.3 is 12.0 Å². The van der Waals surface area contributed by atoms with Crippen molar-refractivity contribution in [2.24, 2.45) is 0 Å². The standard InChI is InChI=1S/C19H25N3O5/c1-4-27-17(24)6-5-11-20-16(23)12-21-18(25)14(3)22(19(21)26)15-9-7-13(2)8-10-15/h7-10,14H,4-6,11-12H2,1-3H3,(H,20,23). The number of aryl methyl sites for hydroxylation is 1. The number of rotatable bonds is 8.